The number of hydrogen-bond acceptors (Lipinski definition) is 4. The van der Waals surface area contributed by atoms with Gasteiger partial charge in [0.05, 0.1) is 31.3 Å². The van der Waals surface area contributed by atoms with Gasteiger partial charge in [-0.1, -0.05) is 29.8 Å². The Hall–Kier alpha value is -2.99. The number of hydrogen-bond donors (Lipinski definition) is 1. The number of amides is 1. The van der Waals surface area contributed by atoms with E-state index in [1.54, 1.807) is 17.1 Å². The molecule has 0 unspecified atom stereocenters. The maximum absolute atomic E-state index is 13.3. The molecule has 0 saturated carbocycles. The summed E-state index contributed by atoms with van der Waals surface area (Å²) in [6, 6.07) is 12.0. The molecule has 0 spiro atoms. The number of aliphatic hydroxyl groups excluding tert-OH is 1. The van der Waals surface area contributed by atoms with Gasteiger partial charge in [0.15, 0.2) is 0 Å². The summed E-state index contributed by atoms with van der Waals surface area (Å²) in [4.78, 5) is 19.4. The number of nitrogens with zero attached hydrogens (tertiary/aromatic N) is 4. The third-order valence-corrected chi connectivity index (χ3v) is 5.73. The smallest absolute Gasteiger partial charge is 0.227 e. The van der Waals surface area contributed by atoms with Crippen LogP contribution in [-0.4, -0.2) is 43.8 Å². The third kappa shape index (κ3) is 4.44. The van der Waals surface area contributed by atoms with Gasteiger partial charge in [-0.15, -0.1) is 0 Å². The molecule has 30 heavy (non-hydrogen) atoms. The number of rotatable bonds is 6. The van der Waals surface area contributed by atoms with E-state index in [-0.39, 0.29) is 18.6 Å². The standard InChI is InChI=1S/C24H28N4O2/c1-18-5-7-19(8-6-18)16-23(30)28-13-3-2-4-22(28)24-21(17-27(26-24)14-15-29)20-9-11-25-12-10-20/h5-12,17,22,29H,2-4,13-16H2,1H3/t22-/m1/s1. The van der Waals surface area contributed by atoms with Gasteiger partial charge in [-0.2, -0.15) is 5.10 Å². The second-order valence-electron chi connectivity index (χ2n) is 7.91. The summed E-state index contributed by atoms with van der Waals surface area (Å²) in [6.07, 6.45) is 8.89. The molecule has 3 aromatic rings. The number of carbonyl (C=O) groups is 1. The fourth-order valence-electron chi connectivity index (χ4n) is 4.15. The van der Waals surface area contributed by atoms with Crippen molar-refractivity contribution in [2.45, 2.75) is 45.2 Å². The van der Waals surface area contributed by atoms with Crippen LogP contribution >= 0.6 is 0 Å². The van der Waals surface area contributed by atoms with Crippen LogP contribution < -0.4 is 0 Å². The number of carbonyl (C=O) groups excluding carboxylic acids is 1. The van der Waals surface area contributed by atoms with Crippen molar-refractivity contribution in [1.82, 2.24) is 19.7 Å². The lowest BCUT2D eigenvalue weighted by Crippen LogP contribution is -2.39. The van der Waals surface area contributed by atoms with Gasteiger partial charge in [-0.25, -0.2) is 0 Å². The minimum atomic E-state index is -0.0557. The van der Waals surface area contributed by atoms with Crippen LogP contribution in [0, 0.1) is 6.92 Å². The van der Waals surface area contributed by atoms with E-state index in [4.69, 9.17) is 5.10 Å². The van der Waals surface area contributed by atoms with E-state index in [9.17, 15) is 9.90 Å². The SMILES string of the molecule is Cc1ccc(CC(=O)N2CCCC[C@@H]2c2nn(CCO)cc2-c2ccncc2)cc1. The topological polar surface area (TPSA) is 71.2 Å². The Morgan fingerprint density at radius 1 is 1.13 bits per heavy atom. The molecule has 3 heterocycles. The van der Waals surface area contributed by atoms with E-state index in [1.165, 1.54) is 5.56 Å². The molecule has 6 heteroatoms. The van der Waals surface area contributed by atoms with Crippen molar-refractivity contribution in [1.29, 1.82) is 0 Å². The fourth-order valence-corrected chi connectivity index (χ4v) is 4.15. The fraction of sp³-hybridized carbons (Fsp3) is 0.375. The molecule has 2 aromatic heterocycles. The van der Waals surface area contributed by atoms with Gasteiger partial charge in [-0.05, 0) is 49.4 Å². The highest BCUT2D eigenvalue weighted by molar-refractivity contribution is 5.80. The Morgan fingerprint density at radius 2 is 1.90 bits per heavy atom. The summed E-state index contributed by atoms with van der Waals surface area (Å²) in [7, 11) is 0. The van der Waals surface area contributed by atoms with E-state index < -0.39 is 0 Å². The predicted molar refractivity (Wildman–Crippen MR) is 116 cm³/mol. The average Bonchev–Trinajstić information content (AvgIpc) is 3.20. The molecule has 1 aromatic carbocycles. The summed E-state index contributed by atoms with van der Waals surface area (Å²) in [5.74, 6) is 0.140. The van der Waals surface area contributed by atoms with Gasteiger partial charge in [0.25, 0.3) is 0 Å². The first kappa shape index (κ1) is 20.3. The summed E-state index contributed by atoms with van der Waals surface area (Å²) >= 11 is 0. The minimum absolute atomic E-state index is 0.0254. The van der Waals surface area contributed by atoms with Crippen LogP contribution in [0.5, 0.6) is 0 Å². The predicted octanol–water partition coefficient (Wildman–Crippen LogP) is 3.54. The first-order valence-corrected chi connectivity index (χ1v) is 10.6. The summed E-state index contributed by atoms with van der Waals surface area (Å²) < 4.78 is 1.78. The summed E-state index contributed by atoms with van der Waals surface area (Å²) in [5, 5.41) is 14.2. The van der Waals surface area contributed by atoms with E-state index in [0.29, 0.717) is 13.0 Å². The van der Waals surface area contributed by atoms with Crippen molar-refractivity contribution in [3.8, 4) is 11.1 Å². The average molecular weight is 405 g/mol. The number of aryl methyl sites for hydroxylation is 1. The van der Waals surface area contributed by atoms with Crippen LogP contribution in [0.3, 0.4) is 0 Å². The molecule has 6 nitrogen and oxygen atoms in total. The Labute approximate surface area is 177 Å². The molecule has 1 N–H and O–H groups in total. The van der Waals surface area contributed by atoms with E-state index >= 15 is 0 Å². The minimum Gasteiger partial charge on any atom is -0.394 e. The first-order valence-electron chi connectivity index (χ1n) is 10.6. The summed E-state index contributed by atoms with van der Waals surface area (Å²) in [6.45, 7) is 3.26. The van der Waals surface area contributed by atoms with Crippen molar-refractivity contribution in [3.05, 3.63) is 71.8 Å². The number of piperidine rings is 1. The van der Waals surface area contributed by atoms with Crippen LogP contribution in [0.15, 0.2) is 55.0 Å². The number of benzene rings is 1. The third-order valence-electron chi connectivity index (χ3n) is 5.73. The quantitative estimate of drug-likeness (QED) is 0.682. The van der Waals surface area contributed by atoms with Crippen LogP contribution in [0.4, 0.5) is 0 Å². The molecule has 0 aliphatic carbocycles. The van der Waals surface area contributed by atoms with Gasteiger partial charge < -0.3 is 10.0 Å². The first-order chi connectivity index (χ1) is 14.7. The van der Waals surface area contributed by atoms with Crippen molar-refractivity contribution < 1.29 is 9.90 Å². The van der Waals surface area contributed by atoms with Gasteiger partial charge >= 0.3 is 0 Å². The normalized spacial score (nSPS) is 16.6. The maximum Gasteiger partial charge on any atom is 0.227 e. The molecule has 0 bridgehead atoms. The molecule has 1 amide bonds. The largest absolute Gasteiger partial charge is 0.394 e. The monoisotopic (exact) mass is 404 g/mol. The summed E-state index contributed by atoms with van der Waals surface area (Å²) in [5.41, 5.74) is 5.17. The van der Waals surface area contributed by atoms with Gasteiger partial charge in [0, 0.05) is 30.7 Å². The lowest BCUT2D eigenvalue weighted by Gasteiger charge is -2.35. The maximum atomic E-state index is 13.3. The Balaban J connectivity index is 1.65. The van der Waals surface area contributed by atoms with E-state index in [1.807, 2.05) is 35.4 Å². The lowest BCUT2D eigenvalue weighted by molar-refractivity contribution is -0.134. The number of likely N-dealkylation sites (tertiary alicyclic amines) is 1. The number of aromatic nitrogens is 3. The highest BCUT2D eigenvalue weighted by Gasteiger charge is 2.32. The highest BCUT2D eigenvalue weighted by atomic mass is 16.3. The molecule has 0 radical (unpaired) electrons. The zero-order valence-electron chi connectivity index (χ0n) is 17.4. The Bertz CT molecular complexity index is 982. The van der Waals surface area contributed by atoms with E-state index in [0.717, 1.165) is 48.2 Å². The molecule has 1 aliphatic heterocycles. The Kier molecular flexibility index (Phi) is 6.23. The van der Waals surface area contributed by atoms with Crippen molar-refractivity contribution in [3.63, 3.8) is 0 Å². The van der Waals surface area contributed by atoms with Crippen molar-refractivity contribution in [2.75, 3.05) is 13.2 Å². The van der Waals surface area contributed by atoms with Crippen molar-refractivity contribution in [2.24, 2.45) is 0 Å². The molecular weight excluding hydrogens is 376 g/mol. The van der Waals surface area contributed by atoms with E-state index in [2.05, 4.69) is 24.0 Å². The molecular formula is C24H28N4O2. The van der Waals surface area contributed by atoms with Crippen LogP contribution in [0.25, 0.3) is 11.1 Å². The molecule has 1 atom stereocenters. The van der Waals surface area contributed by atoms with Gasteiger partial charge in [0.1, 0.15) is 0 Å². The molecule has 4 rings (SSSR count). The molecule has 1 aliphatic rings. The zero-order chi connectivity index (χ0) is 20.9. The van der Waals surface area contributed by atoms with Gasteiger partial charge in [-0.3, -0.25) is 14.5 Å². The van der Waals surface area contributed by atoms with Crippen LogP contribution in [0.1, 0.15) is 42.1 Å². The molecule has 156 valence electrons. The van der Waals surface area contributed by atoms with Gasteiger partial charge in [0.2, 0.25) is 5.91 Å². The number of aliphatic hydroxyl groups is 1. The molecule has 1 fully saturated rings. The Morgan fingerprint density at radius 3 is 2.63 bits per heavy atom. The second-order valence-corrected chi connectivity index (χ2v) is 7.91. The van der Waals surface area contributed by atoms with Crippen LogP contribution in [-0.2, 0) is 17.8 Å². The second kappa shape index (κ2) is 9.22. The number of pyridine rings is 1. The highest BCUT2D eigenvalue weighted by Crippen LogP contribution is 2.36. The zero-order valence-corrected chi connectivity index (χ0v) is 17.4. The lowest BCUT2D eigenvalue weighted by atomic mass is 9.94. The molecule has 1 saturated heterocycles. The van der Waals surface area contributed by atoms with Crippen LogP contribution in [0.2, 0.25) is 0 Å². The van der Waals surface area contributed by atoms with Crippen molar-refractivity contribution >= 4 is 5.91 Å².